The fourth-order valence-electron chi connectivity index (χ4n) is 2.73. The molecule has 1 N–H and O–H groups in total. The molecule has 0 bridgehead atoms. The van der Waals surface area contributed by atoms with Gasteiger partial charge in [-0.3, -0.25) is 4.98 Å². The van der Waals surface area contributed by atoms with Crippen LogP contribution < -0.4 is 0 Å². The third kappa shape index (κ3) is 2.30. The fraction of sp³-hybridized carbons (Fsp3) is 0.167. The molecule has 2 heteroatoms. The van der Waals surface area contributed by atoms with Crippen LogP contribution in [0.1, 0.15) is 28.4 Å². The van der Waals surface area contributed by atoms with E-state index in [2.05, 4.69) is 24.9 Å². The second kappa shape index (κ2) is 5.06. The molecule has 0 saturated heterocycles. The van der Waals surface area contributed by atoms with Gasteiger partial charge in [-0.15, -0.1) is 0 Å². The summed E-state index contributed by atoms with van der Waals surface area (Å²) in [6.45, 7) is 4.10. The maximum Gasteiger partial charge on any atom is 0.105 e. The molecule has 2 nitrogen and oxygen atoms in total. The zero-order valence-corrected chi connectivity index (χ0v) is 11.7. The minimum Gasteiger partial charge on any atom is -0.384 e. The van der Waals surface area contributed by atoms with E-state index in [9.17, 15) is 5.11 Å². The minimum absolute atomic E-state index is 0.611. The van der Waals surface area contributed by atoms with Gasteiger partial charge in [0.1, 0.15) is 6.10 Å². The number of aliphatic hydroxyl groups is 1. The van der Waals surface area contributed by atoms with Crippen molar-refractivity contribution in [3.05, 3.63) is 77.1 Å². The second-order valence-electron chi connectivity index (χ2n) is 5.27. The Morgan fingerprint density at radius 2 is 1.75 bits per heavy atom. The lowest BCUT2D eigenvalue weighted by molar-refractivity contribution is 0.221. The van der Waals surface area contributed by atoms with Gasteiger partial charge in [0.25, 0.3) is 0 Å². The molecule has 1 heterocycles. The molecular formula is C18H17NO. The summed E-state index contributed by atoms with van der Waals surface area (Å²) < 4.78 is 0. The molecule has 100 valence electrons. The highest BCUT2D eigenvalue weighted by Crippen LogP contribution is 2.29. The smallest absolute Gasteiger partial charge is 0.105 e. The Hall–Kier alpha value is -2.19. The molecule has 0 aliphatic carbocycles. The number of rotatable bonds is 2. The van der Waals surface area contributed by atoms with Crippen molar-refractivity contribution in [1.29, 1.82) is 0 Å². The Bertz CT molecular complexity index is 739. The molecule has 0 amide bonds. The number of benzene rings is 2. The lowest BCUT2D eigenvalue weighted by Gasteiger charge is -2.15. The van der Waals surface area contributed by atoms with Crippen LogP contribution in [0.5, 0.6) is 0 Å². The standard InChI is InChI=1S/C18H17NO/c1-12-8-13(2)10-15(9-12)18(20)17-5-3-4-14-11-19-7-6-16(14)17/h3-11,18,20H,1-2H3. The normalized spacial score (nSPS) is 12.6. The van der Waals surface area contributed by atoms with Gasteiger partial charge in [0.05, 0.1) is 0 Å². The first-order valence-corrected chi connectivity index (χ1v) is 6.74. The first-order chi connectivity index (χ1) is 9.65. The Morgan fingerprint density at radius 3 is 2.50 bits per heavy atom. The second-order valence-corrected chi connectivity index (χ2v) is 5.27. The van der Waals surface area contributed by atoms with Gasteiger partial charge in [0, 0.05) is 17.8 Å². The number of aryl methyl sites for hydroxylation is 2. The van der Waals surface area contributed by atoms with E-state index >= 15 is 0 Å². The summed E-state index contributed by atoms with van der Waals surface area (Å²) in [5, 5.41) is 12.8. The minimum atomic E-state index is -0.611. The van der Waals surface area contributed by atoms with E-state index in [1.165, 1.54) is 11.1 Å². The third-order valence-electron chi connectivity index (χ3n) is 3.57. The van der Waals surface area contributed by atoms with Crippen molar-refractivity contribution in [1.82, 2.24) is 4.98 Å². The first-order valence-electron chi connectivity index (χ1n) is 6.74. The SMILES string of the molecule is Cc1cc(C)cc(C(O)c2cccc3cnccc23)c1. The summed E-state index contributed by atoms with van der Waals surface area (Å²) >= 11 is 0. The molecule has 20 heavy (non-hydrogen) atoms. The van der Waals surface area contributed by atoms with E-state index in [4.69, 9.17) is 0 Å². The van der Waals surface area contributed by atoms with Crippen LogP contribution in [0.2, 0.25) is 0 Å². The number of aromatic nitrogens is 1. The van der Waals surface area contributed by atoms with E-state index in [1.807, 2.05) is 42.6 Å². The van der Waals surface area contributed by atoms with Crippen molar-refractivity contribution in [2.75, 3.05) is 0 Å². The predicted molar refractivity (Wildman–Crippen MR) is 81.7 cm³/mol. The van der Waals surface area contributed by atoms with E-state index in [0.717, 1.165) is 21.9 Å². The number of hydrogen-bond donors (Lipinski definition) is 1. The monoisotopic (exact) mass is 263 g/mol. The molecule has 3 rings (SSSR count). The van der Waals surface area contributed by atoms with Crippen LogP contribution in [-0.2, 0) is 0 Å². The van der Waals surface area contributed by atoms with Gasteiger partial charge in [0.15, 0.2) is 0 Å². The Balaban J connectivity index is 2.15. The Kier molecular flexibility index (Phi) is 3.25. The van der Waals surface area contributed by atoms with Crippen molar-refractivity contribution >= 4 is 10.8 Å². The molecule has 0 saturated carbocycles. The molecule has 1 unspecified atom stereocenters. The zero-order valence-electron chi connectivity index (χ0n) is 11.7. The summed E-state index contributed by atoms with van der Waals surface area (Å²) in [4.78, 5) is 4.13. The van der Waals surface area contributed by atoms with Gasteiger partial charge in [-0.2, -0.15) is 0 Å². The van der Waals surface area contributed by atoms with Crippen LogP contribution in [0.25, 0.3) is 10.8 Å². The summed E-state index contributed by atoms with van der Waals surface area (Å²) in [5.41, 5.74) is 4.20. The van der Waals surface area contributed by atoms with Gasteiger partial charge < -0.3 is 5.11 Å². The maximum atomic E-state index is 10.7. The molecular weight excluding hydrogens is 246 g/mol. The van der Waals surface area contributed by atoms with Gasteiger partial charge in [-0.05, 0) is 36.4 Å². The molecule has 0 spiro atoms. The number of hydrogen-bond acceptors (Lipinski definition) is 2. The van der Waals surface area contributed by atoms with Crippen LogP contribution in [0.4, 0.5) is 0 Å². The van der Waals surface area contributed by atoms with Crippen molar-refractivity contribution in [2.45, 2.75) is 20.0 Å². The van der Waals surface area contributed by atoms with Gasteiger partial charge in [-0.25, -0.2) is 0 Å². The molecule has 0 fully saturated rings. The first kappa shape index (κ1) is 12.8. The van der Waals surface area contributed by atoms with Crippen LogP contribution in [0.3, 0.4) is 0 Å². The van der Waals surface area contributed by atoms with Gasteiger partial charge in [0.2, 0.25) is 0 Å². The lowest BCUT2D eigenvalue weighted by Crippen LogP contribution is -2.01. The molecule has 1 aromatic heterocycles. The Morgan fingerprint density at radius 1 is 1.00 bits per heavy atom. The predicted octanol–water partition coefficient (Wildman–Crippen LogP) is 3.93. The van der Waals surface area contributed by atoms with E-state index in [0.29, 0.717) is 0 Å². The van der Waals surface area contributed by atoms with Crippen molar-refractivity contribution < 1.29 is 5.11 Å². The van der Waals surface area contributed by atoms with Gasteiger partial charge in [-0.1, -0.05) is 47.5 Å². The van der Waals surface area contributed by atoms with Gasteiger partial charge >= 0.3 is 0 Å². The number of fused-ring (bicyclic) bond motifs is 1. The van der Waals surface area contributed by atoms with Crippen LogP contribution in [-0.4, -0.2) is 10.1 Å². The molecule has 0 aliphatic heterocycles. The highest BCUT2D eigenvalue weighted by atomic mass is 16.3. The molecule has 3 aromatic rings. The largest absolute Gasteiger partial charge is 0.384 e. The summed E-state index contributed by atoms with van der Waals surface area (Å²) in [7, 11) is 0. The number of pyridine rings is 1. The van der Waals surface area contributed by atoms with Crippen LogP contribution in [0.15, 0.2) is 54.9 Å². The molecule has 1 atom stereocenters. The Labute approximate surface area is 118 Å². The zero-order chi connectivity index (χ0) is 14.1. The summed E-state index contributed by atoms with van der Waals surface area (Å²) in [5.74, 6) is 0. The van der Waals surface area contributed by atoms with E-state index in [1.54, 1.807) is 6.20 Å². The van der Waals surface area contributed by atoms with Crippen molar-refractivity contribution in [2.24, 2.45) is 0 Å². The third-order valence-corrected chi connectivity index (χ3v) is 3.57. The molecule has 2 aromatic carbocycles. The average molecular weight is 263 g/mol. The highest BCUT2D eigenvalue weighted by Gasteiger charge is 2.14. The van der Waals surface area contributed by atoms with E-state index in [-0.39, 0.29) is 0 Å². The summed E-state index contributed by atoms with van der Waals surface area (Å²) in [6.07, 6.45) is 2.98. The van der Waals surface area contributed by atoms with E-state index < -0.39 is 6.10 Å². The molecule has 0 aliphatic rings. The van der Waals surface area contributed by atoms with Crippen LogP contribution in [0, 0.1) is 13.8 Å². The molecule has 0 radical (unpaired) electrons. The summed E-state index contributed by atoms with van der Waals surface area (Å²) in [6, 6.07) is 14.1. The fourth-order valence-corrected chi connectivity index (χ4v) is 2.73. The maximum absolute atomic E-state index is 10.7. The van der Waals surface area contributed by atoms with Crippen LogP contribution >= 0.6 is 0 Å². The average Bonchev–Trinajstić information content (AvgIpc) is 2.45. The lowest BCUT2D eigenvalue weighted by atomic mass is 9.95. The number of aliphatic hydroxyl groups excluding tert-OH is 1. The topological polar surface area (TPSA) is 33.1 Å². The van der Waals surface area contributed by atoms with Crippen molar-refractivity contribution in [3.63, 3.8) is 0 Å². The number of nitrogens with zero attached hydrogens (tertiary/aromatic N) is 1. The highest BCUT2D eigenvalue weighted by molar-refractivity contribution is 5.85. The quantitative estimate of drug-likeness (QED) is 0.760. The van der Waals surface area contributed by atoms with Crippen molar-refractivity contribution in [3.8, 4) is 0 Å².